The molecular formula is C19H38N2. The average molecular weight is 295 g/mol. The van der Waals surface area contributed by atoms with Crippen molar-refractivity contribution < 1.29 is 0 Å². The Labute approximate surface area is 133 Å². The fraction of sp³-hybridized carbons (Fsp3) is 1.00. The van der Waals surface area contributed by atoms with Crippen LogP contribution in [0.1, 0.15) is 79.1 Å². The summed E-state index contributed by atoms with van der Waals surface area (Å²) in [6, 6.07) is 2.30. The van der Waals surface area contributed by atoms with Crippen molar-refractivity contribution in [2.24, 2.45) is 11.8 Å². The van der Waals surface area contributed by atoms with Crippen molar-refractivity contribution in [3.8, 4) is 0 Å². The molecule has 3 atom stereocenters. The smallest absolute Gasteiger partial charge is 0.0151 e. The van der Waals surface area contributed by atoms with E-state index in [1.807, 2.05) is 0 Å². The van der Waals surface area contributed by atoms with Crippen LogP contribution < -0.4 is 5.32 Å². The third-order valence-corrected chi connectivity index (χ3v) is 5.81. The van der Waals surface area contributed by atoms with Crippen molar-refractivity contribution >= 4 is 0 Å². The van der Waals surface area contributed by atoms with Crippen molar-refractivity contribution in [2.75, 3.05) is 13.1 Å². The van der Waals surface area contributed by atoms with Gasteiger partial charge in [-0.05, 0) is 51.4 Å². The van der Waals surface area contributed by atoms with Crippen LogP contribution in [0.3, 0.4) is 0 Å². The van der Waals surface area contributed by atoms with Crippen LogP contribution in [0.5, 0.6) is 0 Å². The van der Waals surface area contributed by atoms with E-state index >= 15 is 0 Å². The predicted octanol–water partition coefficient (Wildman–Crippen LogP) is 4.44. The van der Waals surface area contributed by atoms with Gasteiger partial charge < -0.3 is 10.2 Å². The molecule has 0 spiro atoms. The predicted molar refractivity (Wildman–Crippen MR) is 92.7 cm³/mol. The number of rotatable bonds is 8. The van der Waals surface area contributed by atoms with Gasteiger partial charge in [-0.2, -0.15) is 0 Å². The number of fused-ring (bicyclic) bond motifs is 2. The first-order valence-corrected chi connectivity index (χ1v) is 9.65. The van der Waals surface area contributed by atoms with Gasteiger partial charge in [0.15, 0.2) is 0 Å². The number of hydrogen-bond donors (Lipinski definition) is 1. The van der Waals surface area contributed by atoms with Gasteiger partial charge >= 0.3 is 0 Å². The fourth-order valence-electron chi connectivity index (χ4n) is 4.55. The number of nitrogens with zero attached hydrogens (tertiary/aromatic N) is 1. The summed E-state index contributed by atoms with van der Waals surface area (Å²) < 4.78 is 0. The van der Waals surface area contributed by atoms with Gasteiger partial charge in [0.05, 0.1) is 0 Å². The van der Waals surface area contributed by atoms with Gasteiger partial charge in [-0.3, -0.25) is 0 Å². The third-order valence-electron chi connectivity index (χ3n) is 5.81. The van der Waals surface area contributed by atoms with Gasteiger partial charge in [0.1, 0.15) is 0 Å². The van der Waals surface area contributed by atoms with Crippen LogP contribution in [0.2, 0.25) is 0 Å². The highest BCUT2D eigenvalue weighted by Crippen LogP contribution is 2.36. The maximum Gasteiger partial charge on any atom is 0.0151 e. The zero-order valence-corrected chi connectivity index (χ0v) is 14.9. The Hall–Kier alpha value is -0.0800. The largest absolute Gasteiger partial charge is 0.311 e. The van der Waals surface area contributed by atoms with Crippen molar-refractivity contribution in [3.05, 3.63) is 0 Å². The second-order valence-electron chi connectivity index (χ2n) is 7.82. The maximum absolute atomic E-state index is 4.13. The molecule has 2 bridgehead atoms. The lowest BCUT2D eigenvalue weighted by molar-refractivity contribution is 0.0239. The Morgan fingerprint density at radius 3 is 2.19 bits per heavy atom. The van der Waals surface area contributed by atoms with E-state index in [-0.39, 0.29) is 0 Å². The average Bonchev–Trinajstić information content (AvgIpc) is 2.44. The van der Waals surface area contributed by atoms with E-state index < -0.39 is 0 Å². The topological polar surface area (TPSA) is 15.3 Å². The summed E-state index contributed by atoms with van der Waals surface area (Å²) in [5.74, 6) is 1.81. The number of nitrogens with one attached hydrogen (secondary N) is 1. The highest BCUT2D eigenvalue weighted by Gasteiger charge is 2.40. The number of hydrogen-bond acceptors (Lipinski definition) is 2. The standard InChI is InChI=1S/C19H38N2/c1-5-7-12-18(9-6-2)20-19-16-10-8-11-17(19)14-21(13-16)15(3)4/h15-20H,5-14H2,1-4H3. The van der Waals surface area contributed by atoms with E-state index in [4.69, 9.17) is 0 Å². The molecule has 1 saturated heterocycles. The van der Waals surface area contributed by atoms with Crippen molar-refractivity contribution in [1.29, 1.82) is 0 Å². The Kier molecular flexibility index (Phi) is 7.01. The highest BCUT2D eigenvalue weighted by atomic mass is 15.2. The van der Waals surface area contributed by atoms with Gasteiger partial charge in [0.25, 0.3) is 0 Å². The van der Waals surface area contributed by atoms with E-state index in [0.717, 1.165) is 30.0 Å². The van der Waals surface area contributed by atoms with Crippen LogP contribution in [0, 0.1) is 11.8 Å². The summed E-state index contributed by atoms with van der Waals surface area (Å²) >= 11 is 0. The monoisotopic (exact) mass is 294 g/mol. The number of likely N-dealkylation sites (tertiary alicyclic amines) is 1. The molecule has 1 aliphatic carbocycles. The maximum atomic E-state index is 4.13. The molecule has 2 fully saturated rings. The first kappa shape index (κ1) is 17.3. The molecule has 0 aromatic carbocycles. The van der Waals surface area contributed by atoms with Gasteiger partial charge in [0.2, 0.25) is 0 Å². The molecule has 0 aromatic heterocycles. The lowest BCUT2D eigenvalue weighted by Gasteiger charge is -2.50. The van der Waals surface area contributed by atoms with Crippen molar-refractivity contribution in [1.82, 2.24) is 10.2 Å². The highest BCUT2D eigenvalue weighted by molar-refractivity contribution is 4.96. The molecular weight excluding hydrogens is 256 g/mol. The molecule has 2 heteroatoms. The molecule has 1 aliphatic heterocycles. The summed E-state index contributed by atoms with van der Waals surface area (Å²) in [6.07, 6.45) is 11.2. The molecule has 2 rings (SSSR count). The molecule has 3 unspecified atom stereocenters. The minimum atomic E-state index is 0.723. The Morgan fingerprint density at radius 2 is 1.67 bits per heavy atom. The quantitative estimate of drug-likeness (QED) is 0.712. The molecule has 0 radical (unpaired) electrons. The number of piperidine rings is 1. The Bertz CT molecular complexity index is 275. The number of unbranched alkanes of at least 4 members (excludes halogenated alkanes) is 1. The fourth-order valence-corrected chi connectivity index (χ4v) is 4.55. The third kappa shape index (κ3) is 4.69. The van der Waals surface area contributed by atoms with Gasteiger partial charge in [-0.25, -0.2) is 0 Å². The van der Waals surface area contributed by atoms with E-state index in [0.29, 0.717) is 0 Å². The second-order valence-corrected chi connectivity index (χ2v) is 7.82. The minimum Gasteiger partial charge on any atom is -0.311 e. The Morgan fingerprint density at radius 1 is 1.00 bits per heavy atom. The van der Waals surface area contributed by atoms with Crippen molar-refractivity contribution in [2.45, 2.75) is 97.2 Å². The summed E-state index contributed by atoms with van der Waals surface area (Å²) in [4.78, 5) is 2.73. The SMILES string of the molecule is CCCCC(CCC)NC1C2CCCC1CN(C(C)C)C2. The van der Waals surface area contributed by atoms with Crippen LogP contribution in [0.15, 0.2) is 0 Å². The summed E-state index contributed by atoms with van der Waals surface area (Å²) in [5, 5.41) is 4.13. The van der Waals surface area contributed by atoms with Crippen LogP contribution in [-0.4, -0.2) is 36.1 Å². The van der Waals surface area contributed by atoms with Crippen LogP contribution in [-0.2, 0) is 0 Å². The lowest BCUT2D eigenvalue weighted by atomic mass is 9.72. The van der Waals surface area contributed by atoms with E-state index in [1.165, 1.54) is 64.5 Å². The minimum absolute atomic E-state index is 0.723. The summed E-state index contributed by atoms with van der Waals surface area (Å²) in [5.41, 5.74) is 0. The second kappa shape index (κ2) is 8.53. The lowest BCUT2D eigenvalue weighted by Crippen LogP contribution is -2.60. The Balaban J connectivity index is 1.95. The molecule has 124 valence electrons. The van der Waals surface area contributed by atoms with Crippen LogP contribution in [0.4, 0.5) is 0 Å². The molecule has 2 aliphatic rings. The van der Waals surface area contributed by atoms with E-state index in [9.17, 15) is 0 Å². The zero-order chi connectivity index (χ0) is 15.2. The molecule has 0 amide bonds. The van der Waals surface area contributed by atoms with Crippen molar-refractivity contribution in [3.63, 3.8) is 0 Å². The van der Waals surface area contributed by atoms with Crippen LogP contribution in [0.25, 0.3) is 0 Å². The molecule has 1 heterocycles. The molecule has 1 N–H and O–H groups in total. The van der Waals surface area contributed by atoms with Gasteiger partial charge in [-0.1, -0.05) is 39.5 Å². The van der Waals surface area contributed by atoms with Crippen LogP contribution >= 0.6 is 0 Å². The zero-order valence-electron chi connectivity index (χ0n) is 14.9. The van der Waals surface area contributed by atoms with E-state index in [1.54, 1.807) is 0 Å². The molecule has 1 saturated carbocycles. The molecule has 2 nitrogen and oxygen atoms in total. The molecule has 21 heavy (non-hydrogen) atoms. The summed E-state index contributed by atoms with van der Waals surface area (Å²) in [6.45, 7) is 12.0. The van der Waals surface area contributed by atoms with E-state index in [2.05, 4.69) is 37.9 Å². The van der Waals surface area contributed by atoms with Gasteiger partial charge in [0, 0.05) is 31.2 Å². The van der Waals surface area contributed by atoms with Gasteiger partial charge in [-0.15, -0.1) is 0 Å². The summed E-state index contributed by atoms with van der Waals surface area (Å²) in [7, 11) is 0. The first-order valence-electron chi connectivity index (χ1n) is 9.65. The normalized spacial score (nSPS) is 31.6. The molecule has 0 aromatic rings. The first-order chi connectivity index (χ1) is 10.2.